The van der Waals surface area contributed by atoms with Gasteiger partial charge < -0.3 is 49.6 Å². The summed E-state index contributed by atoms with van der Waals surface area (Å²) in [5.74, 6) is 4.15. The van der Waals surface area contributed by atoms with Crippen LogP contribution < -0.4 is 34.9 Å². The van der Waals surface area contributed by atoms with Crippen molar-refractivity contribution in [1.29, 1.82) is 0 Å². The van der Waals surface area contributed by atoms with E-state index in [2.05, 4.69) is 191 Å². The molecule has 0 aliphatic heterocycles. The molecular formula is C87H132N6O10. The highest BCUT2D eigenvalue weighted by Crippen LogP contribution is 2.25. The topological polar surface area (TPSA) is 185 Å². The number of nitrogens with zero attached hydrogens (tertiary/aromatic N) is 3. The molecule has 16 heteroatoms. The summed E-state index contributed by atoms with van der Waals surface area (Å²) in [6.07, 6.45) is 3.38. The number of methoxy groups -OCH3 is 4. The second kappa shape index (κ2) is 44.8. The maximum Gasteiger partial charge on any atom is 0.223 e. The number of aryl methyl sites for hydroxylation is 2. The lowest BCUT2D eigenvalue weighted by atomic mass is 9.91. The predicted molar refractivity (Wildman–Crippen MR) is 424 cm³/mol. The lowest BCUT2D eigenvalue weighted by Gasteiger charge is -2.23. The number of ether oxygens (including phenoxy) is 4. The number of carbonyl (C=O) groups is 6. The third kappa shape index (κ3) is 47.3. The molecule has 6 amide bonds. The van der Waals surface area contributed by atoms with Crippen LogP contribution in [0.3, 0.4) is 0 Å². The van der Waals surface area contributed by atoms with Gasteiger partial charge in [-0.3, -0.25) is 28.8 Å². The first-order chi connectivity index (χ1) is 47.6. The lowest BCUT2D eigenvalue weighted by molar-refractivity contribution is -0.133. The van der Waals surface area contributed by atoms with Crippen molar-refractivity contribution in [3.63, 3.8) is 0 Å². The monoisotopic (exact) mass is 1420 g/mol. The van der Waals surface area contributed by atoms with Gasteiger partial charge in [-0.15, -0.1) is 0 Å². The van der Waals surface area contributed by atoms with Crippen LogP contribution in [0.4, 0.5) is 0 Å². The van der Waals surface area contributed by atoms with E-state index in [1.165, 1.54) is 16.7 Å². The summed E-state index contributed by atoms with van der Waals surface area (Å²) in [4.78, 5) is 76.1. The van der Waals surface area contributed by atoms with E-state index in [0.29, 0.717) is 77.8 Å². The molecule has 0 aliphatic rings. The molecule has 16 nitrogen and oxygen atoms in total. The molecule has 0 aromatic heterocycles. The van der Waals surface area contributed by atoms with Crippen LogP contribution in [-0.2, 0) is 68.0 Å². The summed E-state index contributed by atoms with van der Waals surface area (Å²) in [5, 5.41) is 8.76. The first-order valence-electron chi connectivity index (χ1n) is 35.7. The first kappa shape index (κ1) is 92.4. The molecule has 0 radical (unpaired) electrons. The Hall–Kier alpha value is -8.66. The van der Waals surface area contributed by atoms with Crippen molar-refractivity contribution < 1.29 is 47.7 Å². The molecule has 0 saturated heterocycles. The van der Waals surface area contributed by atoms with Gasteiger partial charge in [-0.1, -0.05) is 233 Å². The normalized spacial score (nSPS) is 11.2. The number of benzene rings is 6. The molecule has 0 saturated carbocycles. The van der Waals surface area contributed by atoms with Crippen molar-refractivity contribution in [2.75, 3.05) is 49.6 Å². The number of amides is 6. The SMILES string of the molecule is COc1ccc(CN(C)C(=O)CC(C)(C)C)cc1.COc1ccc(CNC(=O)CC(C)(C)C)cc1.COc1cccc(CN(C)C(=O)CC(C)(C)C)c1.COc1cccc(CNC(=O)CC(C)(C)C)c1.Cc1ccc(CN(C)C(=O)CC(C)(C)C)cc1.Cc1ccc(CNC(=O)CC(C)(C)C)cc1. The van der Waals surface area contributed by atoms with Crippen LogP contribution >= 0.6 is 0 Å². The molecule has 570 valence electrons. The largest absolute Gasteiger partial charge is 0.497 e. The fourth-order valence-electron chi connectivity index (χ4n) is 9.51. The van der Waals surface area contributed by atoms with Crippen molar-refractivity contribution >= 4 is 35.4 Å². The van der Waals surface area contributed by atoms with Gasteiger partial charge in [0.2, 0.25) is 35.4 Å². The van der Waals surface area contributed by atoms with Crippen LogP contribution in [0.5, 0.6) is 23.0 Å². The summed E-state index contributed by atoms with van der Waals surface area (Å²) < 4.78 is 20.5. The molecule has 0 heterocycles. The molecule has 0 aliphatic carbocycles. The van der Waals surface area contributed by atoms with Gasteiger partial charge in [-0.25, -0.2) is 0 Å². The fraction of sp³-hybridized carbons (Fsp3) is 0.517. The van der Waals surface area contributed by atoms with Crippen molar-refractivity contribution in [2.45, 2.75) is 216 Å². The Morgan fingerprint density at radius 2 is 0.524 bits per heavy atom. The average Bonchev–Trinajstić information content (AvgIpc) is 0.898. The van der Waals surface area contributed by atoms with E-state index in [-0.39, 0.29) is 67.9 Å². The lowest BCUT2D eigenvalue weighted by Crippen LogP contribution is -2.29. The minimum atomic E-state index is 0.0263. The summed E-state index contributed by atoms with van der Waals surface area (Å²) in [5.41, 5.74) is 9.36. The fourth-order valence-corrected chi connectivity index (χ4v) is 9.51. The number of carbonyl (C=O) groups excluding carboxylic acids is 6. The molecule has 3 N–H and O–H groups in total. The van der Waals surface area contributed by atoms with Gasteiger partial charge in [0, 0.05) is 98.9 Å². The van der Waals surface area contributed by atoms with Crippen LogP contribution in [0, 0.1) is 46.3 Å². The Bertz CT molecular complexity index is 3450. The number of hydrogen-bond donors (Lipinski definition) is 3. The van der Waals surface area contributed by atoms with Crippen LogP contribution in [0.2, 0.25) is 0 Å². The summed E-state index contributed by atoms with van der Waals surface area (Å²) in [6.45, 7) is 45.0. The van der Waals surface area contributed by atoms with Gasteiger partial charge in [0.1, 0.15) is 23.0 Å². The highest BCUT2D eigenvalue weighted by atomic mass is 16.5. The molecule has 6 aromatic rings. The summed E-state index contributed by atoms with van der Waals surface area (Å²) in [6, 6.07) is 47.6. The van der Waals surface area contributed by atoms with E-state index in [1.807, 2.05) is 130 Å². The quantitative estimate of drug-likeness (QED) is 0.0591. The molecule has 0 bridgehead atoms. The third-order valence-electron chi connectivity index (χ3n) is 15.0. The average molecular weight is 1420 g/mol. The Labute approximate surface area is 622 Å². The van der Waals surface area contributed by atoms with Gasteiger partial charge in [-0.2, -0.15) is 0 Å². The zero-order chi connectivity index (χ0) is 78.5. The van der Waals surface area contributed by atoms with E-state index in [1.54, 1.807) is 43.1 Å². The molecule has 6 aromatic carbocycles. The van der Waals surface area contributed by atoms with Crippen molar-refractivity contribution in [3.8, 4) is 23.0 Å². The van der Waals surface area contributed by atoms with Gasteiger partial charge in [0.25, 0.3) is 0 Å². The van der Waals surface area contributed by atoms with Crippen LogP contribution in [0.25, 0.3) is 0 Å². The Kier molecular flexibility index (Phi) is 40.1. The number of hydrogen-bond acceptors (Lipinski definition) is 10. The summed E-state index contributed by atoms with van der Waals surface area (Å²) >= 11 is 0. The molecule has 0 atom stereocenters. The minimum absolute atomic E-state index is 0.0263. The van der Waals surface area contributed by atoms with E-state index >= 15 is 0 Å². The zero-order valence-corrected chi connectivity index (χ0v) is 68.3. The van der Waals surface area contributed by atoms with Crippen LogP contribution in [0.15, 0.2) is 146 Å². The van der Waals surface area contributed by atoms with Crippen molar-refractivity contribution in [1.82, 2.24) is 30.7 Å². The summed E-state index contributed by atoms with van der Waals surface area (Å²) in [7, 11) is 12.1. The van der Waals surface area contributed by atoms with Gasteiger partial charge in [0.05, 0.1) is 28.4 Å². The smallest absolute Gasteiger partial charge is 0.223 e. The standard InChI is InChI=1S/2C15H23NO2.C15H23NO.2C14H21NO2.C14H21NO/c1-15(2,3)10-14(17)16(4)11-12-6-8-13(18-5)9-7-12;1-15(2,3)10-14(17)16(4)11-12-7-6-8-13(9-12)18-5;1-12-6-8-13(9-7-12)11-16(5)14(17)10-15(2,3)4;1-14(2,3)9-13(16)15-10-11-5-7-12(17-4)8-6-11;1-14(2,3)9-13(16)15-10-11-6-5-7-12(8-11)17-4;1-11-5-7-12(8-6-11)10-15-13(16)9-14(2,3)4/h2*6-9H,10-11H2,1-5H3;6-9H,10-11H2,1-5H3;2*5-8H,9-10H2,1-4H3,(H,15,16);5-8H,9-10H2,1-4H3,(H,15,16). The van der Waals surface area contributed by atoms with Gasteiger partial charge in [0.15, 0.2) is 0 Å². The predicted octanol–water partition coefficient (Wildman–Crippen LogP) is 18.1. The molecule has 0 fully saturated rings. The number of rotatable bonds is 22. The molecule has 103 heavy (non-hydrogen) atoms. The van der Waals surface area contributed by atoms with Crippen LogP contribution in [-0.4, -0.2) is 99.7 Å². The molecule has 0 spiro atoms. The second-order valence-corrected chi connectivity index (χ2v) is 33.9. The molecule has 6 rings (SSSR count). The van der Waals surface area contributed by atoms with E-state index in [0.717, 1.165) is 50.8 Å². The van der Waals surface area contributed by atoms with Gasteiger partial charge >= 0.3 is 0 Å². The molecular weight excluding hydrogens is 1290 g/mol. The van der Waals surface area contributed by atoms with Crippen LogP contribution in [0.1, 0.15) is 208 Å². The van der Waals surface area contributed by atoms with E-state index in [4.69, 9.17) is 18.9 Å². The highest BCUT2D eigenvalue weighted by Gasteiger charge is 2.23. The second-order valence-electron chi connectivity index (χ2n) is 33.9. The minimum Gasteiger partial charge on any atom is -0.497 e. The van der Waals surface area contributed by atoms with Crippen molar-refractivity contribution in [3.05, 3.63) is 190 Å². The first-order valence-corrected chi connectivity index (χ1v) is 35.7. The Morgan fingerprint density at radius 1 is 0.291 bits per heavy atom. The highest BCUT2D eigenvalue weighted by molar-refractivity contribution is 5.79. The zero-order valence-electron chi connectivity index (χ0n) is 68.3. The van der Waals surface area contributed by atoms with E-state index < -0.39 is 0 Å². The third-order valence-corrected chi connectivity index (χ3v) is 15.0. The maximum absolute atomic E-state index is 12.0. The Balaban J connectivity index is 0.000000618. The maximum atomic E-state index is 12.0. The van der Waals surface area contributed by atoms with E-state index in [9.17, 15) is 28.8 Å². The molecule has 0 unspecified atom stereocenters. The van der Waals surface area contributed by atoms with Gasteiger partial charge in [-0.05, 0) is 128 Å². The van der Waals surface area contributed by atoms with Crippen molar-refractivity contribution in [2.24, 2.45) is 32.5 Å². The number of nitrogens with one attached hydrogen (secondary N) is 3. The Morgan fingerprint density at radius 3 is 0.806 bits per heavy atom.